The van der Waals surface area contributed by atoms with Crippen molar-refractivity contribution in [2.45, 2.75) is 78.1 Å². The molecule has 5 nitrogen and oxygen atoms in total. The van der Waals surface area contributed by atoms with Crippen molar-refractivity contribution >= 4 is 38.1 Å². The number of aromatic amines is 1. The van der Waals surface area contributed by atoms with Gasteiger partial charge in [0.25, 0.3) is 0 Å². The van der Waals surface area contributed by atoms with Crippen LogP contribution in [-0.4, -0.2) is 37.3 Å². The number of rotatable bonds is 13. The minimum absolute atomic E-state index is 0.0782. The average Bonchev–Trinajstić information content (AvgIpc) is 3.27. The van der Waals surface area contributed by atoms with Crippen molar-refractivity contribution in [2.75, 3.05) is 18.1 Å². The van der Waals surface area contributed by atoms with Crippen molar-refractivity contribution < 1.29 is 17.9 Å². The molecular formula is C31H40ClNO4S. The molecule has 0 unspecified atom stereocenters. The van der Waals surface area contributed by atoms with Gasteiger partial charge in [-0.15, -0.1) is 0 Å². The number of fused-ring (bicyclic) bond motifs is 1. The molecule has 1 aromatic heterocycles. The van der Waals surface area contributed by atoms with Crippen molar-refractivity contribution in [3.8, 4) is 5.75 Å². The third kappa shape index (κ3) is 7.63. The number of ether oxygens (including phenoxy) is 1. The van der Waals surface area contributed by atoms with E-state index in [1.54, 1.807) is 0 Å². The molecule has 0 saturated heterocycles. The number of H-pyrrole nitrogens is 1. The van der Waals surface area contributed by atoms with E-state index >= 15 is 0 Å². The number of halogens is 1. The Hall–Kier alpha value is -2.31. The summed E-state index contributed by atoms with van der Waals surface area (Å²) in [5, 5.41) is 1.71. The van der Waals surface area contributed by atoms with Crippen LogP contribution in [0.2, 0.25) is 5.02 Å². The van der Waals surface area contributed by atoms with E-state index in [0.29, 0.717) is 31.6 Å². The van der Waals surface area contributed by atoms with Crippen molar-refractivity contribution in [3.63, 3.8) is 0 Å². The predicted molar refractivity (Wildman–Crippen MR) is 156 cm³/mol. The largest absolute Gasteiger partial charge is 0.494 e. The van der Waals surface area contributed by atoms with E-state index in [0.717, 1.165) is 57.1 Å². The van der Waals surface area contributed by atoms with Crippen LogP contribution >= 0.6 is 11.6 Å². The number of nitrogens with one attached hydrogen (secondary N) is 1. The lowest BCUT2D eigenvalue weighted by Crippen LogP contribution is -2.20. The molecule has 0 bridgehead atoms. The molecule has 1 heterocycles. The first-order valence-corrected chi connectivity index (χ1v) is 16.2. The standard InChI is InChI=1S/C31H40ClNO4S/c1-22-19-25(20-23(2)30(22)32)37-17-10-15-27-26-14-6-7-16-28(26)33-31(27)29(34)21-38(35,36)18-9-8-13-24-11-4-3-5-12-24/h6-7,14,16,19-20,24,33H,3-5,8-13,15,17-18,21H2,1-2H3. The van der Waals surface area contributed by atoms with Crippen molar-refractivity contribution in [2.24, 2.45) is 5.92 Å². The van der Waals surface area contributed by atoms with Crippen molar-refractivity contribution in [1.29, 1.82) is 0 Å². The second-order valence-corrected chi connectivity index (χ2v) is 13.4. The molecule has 1 fully saturated rings. The minimum atomic E-state index is -3.46. The highest BCUT2D eigenvalue weighted by molar-refractivity contribution is 7.92. The molecule has 3 aromatic rings. The molecule has 1 aliphatic carbocycles. The predicted octanol–water partition coefficient (Wildman–Crippen LogP) is 7.80. The number of benzene rings is 2. The summed E-state index contributed by atoms with van der Waals surface area (Å²) in [5.74, 6) is 0.798. The maximum Gasteiger partial charge on any atom is 0.194 e. The first-order valence-electron chi connectivity index (χ1n) is 14.0. The van der Waals surface area contributed by atoms with Crippen LogP contribution in [-0.2, 0) is 16.3 Å². The zero-order valence-electron chi connectivity index (χ0n) is 22.7. The summed E-state index contributed by atoms with van der Waals surface area (Å²) in [6.45, 7) is 4.39. The molecule has 1 saturated carbocycles. The lowest BCUT2D eigenvalue weighted by atomic mass is 9.86. The Morgan fingerprint density at radius 1 is 1.03 bits per heavy atom. The van der Waals surface area contributed by atoms with Crippen LogP contribution in [0.25, 0.3) is 10.9 Å². The van der Waals surface area contributed by atoms with Crippen LogP contribution in [0.1, 0.15) is 85.0 Å². The monoisotopic (exact) mass is 557 g/mol. The molecule has 2 aromatic carbocycles. The SMILES string of the molecule is Cc1cc(OCCCc2c(C(=O)CS(=O)(=O)CCCCC3CCCCC3)[nH]c3ccccc23)cc(C)c1Cl. The van der Waals surface area contributed by atoms with Gasteiger partial charge in [-0.25, -0.2) is 8.42 Å². The van der Waals surface area contributed by atoms with E-state index in [-0.39, 0.29) is 11.5 Å². The molecule has 0 aliphatic heterocycles. The van der Waals surface area contributed by atoms with Gasteiger partial charge in [-0.2, -0.15) is 0 Å². The Kier molecular flexibility index (Phi) is 9.94. The number of aromatic nitrogens is 1. The summed E-state index contributed by atoms with van der Waals surface area (Å²) in [4.78, 5) is 16.4. The van der Waals surface area contributed by atoms with Gasteiger partial charge in [0.15, 0.2) is 15.6 Å². The van der Waals surface area contributed by atoms with Crippen molar-refractivity contribution in [3.05, 3.63) is 63.8 Å². The third-order valence-corrected chi connectivity index (χ3v) is 9.94. The number of hydrogen-bond donors (Lipinski definition) is 1. The number of unbranched alkanes of at least 4 members (excludes halogenated alkanes) is 1. The number of Topliss-reactive ketones (excluding diaryl/α,β-unsaturated/α-hetero) is 1. The molecular weight excluding hydrogens is 518 g/mol. The number of para-hydroxylation sites is 1. The van der Waals surface area contributed by atoms with E-state index in [9.17, 15) is 13.2 Å². The second-order valence-electron chi connectivity index (χ2n) is 10.9. The first kappa shape index (κ1) is 28.7. The second kappa shape index (κ2) is 13.2. The van der Waals surface area contributed by atoms with Crippen LogP contribution in [0.5, 0.6) is 5.75 Å². The fourth-order valence-electron chi connectivity index (χ4n) is 5.70. The van der Waals surface area contributed by atoms with Gasteiger partial charge in [-0.3, -0.25) is 4.79 Å². The van der Waals surface area contributed by atoms with E-state index < -0.39 is 15.6 Å². The van der Waals surface area contributed by atoms with E-state index in [1.807, 2.05) is 50.2 Å². The Balaban J connectivity index is 1.35. The number of sulfone groups is 1. The molecule has 7 heteroatoms. The van der Waals surface area contributed by atoms with Gasteiger partial charge in [0.2, 0.25) is 0 Å². The minimum Gasteiger partial charge on any atom is -0.494 e. The molecule has 0 atom stereocenters. The van der Waals surface area contributed by atoms with Gasteiger partial charge in [-0.05, 0) is 73.9 Å². The summed E-state index contributed by atoms with van der Waals surface area (Å²) in [6, 6.07) is 11.6. The summed E-state index contributed by atoms with van der Waals surface area (Å²) >= 11 is 6.26. The van der Waals surface area contributed by atoms with Crippen LogP contribution in [0, 0.1) is 19.8 Å². The quantitative estimate of drug-likeness (QED) is 0.172. The van der Waals surface area contributed by atoms with Crippen LogP contribution in [0.3, 0.4) is 0 Å². The zero-order valence-corrected chi connectivity index (χ0v) is 24.2. The van der Waals surface area contributed by atoms with Gasteiger partial charge in [0.1, 0.15) is 11.5 Å². The zero-order chi connectivity index (χ0) is 27.1. The maximum absolute atomic E-state index is 13.2. The third-order valence-electron chi connectivity index (χ3n) is 7.74. The number of carbonyl (C=O) groups is 1. The maximum atomic E-state index is 13.2. The van der Waals surface area contributed by atoms with E-state index in [1.165, 1.54) is 32.1 Å². The molecule has 4 rings (SSSR count). The summed E-state index contributed by atoms with van der Waals surface area (Å²) in [7, 11) is -3.46. The smallest absolute Gasteiger partial charge is 0.194 e. The van der Waals surface area contributed by atoms with Gasteiger partial charge < -0.3 is 9.72 Å². The average molecular weight is 558 g/mol. The Labute approximate surface area is 232 Å². The van der Waals surface area contributed by atoms with E-state index in [4.69, 9.17) is 16.3 Å². The highest BCUT2D eigenvalue weighted by atomic mass is 35.5. The number of carbonyl (C=O) groups excluding carboxylic acids is 1. The molecule has 0 radical (unpaired) electrons. The Bertz CT molecular complexity index is 1330. The number of ketones is 1. The summed E-state index contributed by atoms with van der Waals surface area (Å²) in [5.41, 5.74) is 4.07. The molecule has 0 spiro atoms. The molecule has 38 heavy (non-hydrogen) atoms. The lowest BCUT2D eigenvalue weighted by molar-refractivity contribution is 0.101. The van der Waals surface area contributed by atoms with Crippen LogP contribution in [0.15, 0.2) is 36.4 Å². The molecule has 0 amide bonds. The topological polar surface area (TPSA) is 76.2 Å². The Morgan fingerprint density at radius 2 is 1.74 bits per heavy atom. The normalized spacial score (nSPS) is 14.7. The Morgan fingerprint density at radius 3 is 2.47 bits per heavy atom. The van der Waals surface area contributed by atoms with E-state index in [2.05, 4.69) is 4.98 Å². The highest BCUT2D eigenvalue weighted by Crippen LogP contribution is 2.29. The molecule has 206 valence electrons. The molecule has 1 N–H and O–H groups in total. The van der Waals surface area contributed by atoms with Gasteiger partial charge >= 0.3 is 0 Å². The van der Waals surface area contributed by atoms with Crippen molar-refractivity contribution in [1.82, 2.24) is 4.98 Å². The van der Waals surface area contributed by atoms with Gasteiger partial charge in [-0.1, -0.05) is 74.7 Å². The fourth-order valence-corrected chi connectivity index (χ4v) is 7.14. The first-order chi connectivity index (χ1) is 18.2. The lowest BCUT2D eigenvalue weighted by Gasteiger charge is -2.21. The summed E-state index contributed by atoms with van der Waals surface area (Å²) in [6.07, 6.45) is 10.4. The van der Waals surface area contributed by atoms with Gasteiger partial charge in [0.05, 0.1) is 18.1 Å². The molecule has 1 aliphatic rings. The number of hydrogen-bond acceptors (Lipinski definition) is 4. The van der Waals surface area contributed by atoms with Gasteiger partial charge in [0, 0.05) is 15.9 Å². The van der Waals surface area contributed by atoms with Crippen LogP contribution < -0.4 is 4.74 Å². The fraction of sp³-hybridized carbons (Fsp3) is 0.516. The number of aryl methyl sites for hydroxylation is 3. The summed E-state index contributed by atoms with van der Waals surface area (Å²) < 4.78 is 31.6. The highest BCUT2D eigenvalue weighted by Gasteiger charge is 2.23. The van der Waals surface area contributed by atoms with Crippen LogP contribution in [0.4, 0.5) is 0 Å².